The van der Waals surface area contributed by atoms with Crippen molar-refractivity contribution in [3.05, 3.63) is 47.3 Å². The van der Waals surface area contributed by atoms with Crippen molar-refractivity contribution in [3.63, 3.8) is 0 Å². The van der Waals surface area contributed by atoms with Gasteiger partial charge in [0.15, 0.2) is 5.13 Å². The number of carbonyl (C=O) groups is 1. The highest BCUT2D eigenvalue weighted by molar-refractivity contribution is 7.18. The standard InChI is InChI=1S/C15H14N4OS/c1-17-15-19-13(16)12(21-15)14(20)18-11-7-6-9-4-2-3-5-10(9)8-11/h2-8H,16H2,1H3,(H,17,19)(H,18,20). The number of thiazole rings is 1. The molecule has 0 unspecified atom stereocenters. The molecule has 2 aromatic carbocycles. The second kappa shape index (κ2) is 5.41. The lowest BCUT2D eigenvalue weighted by atomic mass is 10.1. The third-order valence-electron chi connectivity index (χ3n) is 3.08. The van der Waals surface area contributed by atoms with Crippen LogP contribution in [0.4, 0.5) is 16.6 Å². The van der Waals surface area contributed by atoms with E-state index < -0.39 is 0 Å². The Morgan fingerprint density at radius 3 is 2.67 bits per heavy atom. The maximum atomic E-state index is 12.3. The number of carbonyl (C=O) groups excluding carboxylic acids is 1. The zero-order chi connectivity index (χ0) is 14.8. The summed E-state index contributed by atoms with van der Waals surface area (Å²) in [6.07, 6.45) is 0. The maximum Gasteiger partial charge on any atom is 0.269 e. The summed E-state index contributed by atoms with van der Waals surface area (Å²) < 4.78 is 0. The van der Waals surface area contributed by atoms with Crippen LogP contribution in [0, 0.1) is 0 Å². The lowest BCUT2D eigenvalue weighted by Crippen LogP contribution is -2.12. The van der Waals surface area contributed by atoms with Crippen LogP contribution in [0.15, 0.2) is 42.5 Å². The zero-order valence-corrected chi connectivity index (χ0v) is 12.2. The molecule has 0 saturated heterocycles. The van der Waals surface area contributed by atoms with Gasteiger partial charge in [0, 0.05) is 12.7 Å². The molecule has 1 heterocycles. The van der Waals surface area contributed by atoms with Crippen molar-refractivity contribution in [2.45, 2.75) is 0 Å². The maximum absolute atomic E-state index is 12.3. The molecule has 1 aromatic heterocycles. The minimum atomic E-state index is -0.248. The largest absolute Gasteiger partial charge is 0.382 e. The lowest BCUT2D eigenvalue weighted by Gasteiger charge is -2.05. The molecule has 0 aliphatic heterocycles. The highest BCUT2D eigenvalue weighted by atomic mass is 32.1. The Labute approximate surface area is 125 Å². The molecule has 0 radical (unpaired) electrons. The number of hydrogen-bond donors (Lipinski definition) is 3. The predicted octanol–water partition coefficient (Wildman–Crippen LogP) is 3.17. The third kappa shape index (κ3) is 2.66. The van der Waals surface area contributed by atoms with Gasteiger partial charge in [-0.3, -0.25) is 4.79 Å². The van der Waals surface area contributed by atoms with Crippen molar-refractivity contribution >= 4 is 44.7 Å². The first-order valence-corrected chi connectivity index (χ1v) is 7.23. The zero-order valence-electron chi connectivity index (χ0n) is 11.4. The van der Waals surface area contributed by atoms with E-state index in [2.05, 4.69) is 15.6 Å². The Morgan fingerprint density at radius 2 is 1.95 bits per heavy atom. The second-order valence-electron chi connectivity index (χ2n) is 4.50. The molecule has 0 aliphatic carbocycles. The monoisotopic (exact) mass is 298 g/mol. The smallest absolute Gasteiger partial charge is 0.269 e. The number of rotatable bonds is 3. The van der Waals surface area contributed by atoms with Crippen molar-refractivity contribution in [2.75, 3.05) is 23.4 Å². The molecule has 0 saturated carbocycles. The number of nitrogens with zero attached hydrogens (tertiary/aromatic N) is 1. The van der Waals surface area contributed by atoms with E-state index in [1.165, 1.54) is 11.3 Å². The van der Waals surface area contributed by atoms with Crippen LogP contribution >= 0.6 is 11.3 Å². The summed E-state index contributed by atoms with van der Waals surface area (Å²) in [4.78, 5) is 16.7. The highest BCUT2D eigenvalue weighted by Crippen LogP contribution is 2.26. The van der Waals surface area contributed by atoms with Gasteiger partial charge in [0.2, 0.25) is 0 Å². The van der Waals surface area contributed by atoms with Crippen LogP contribution in [0.3, 0.4) is 0 Å². The van der Waals surface area contributed by atoms with Crippen molar-refractivity contribution in [3.8, 4) is 0 Å². The highest BCUT2D eigenvalue weighted by Gasteiger charge is 2.15. The molecule has 3 rings (SSSR count). The fourth-order valence-corrected chi connectivity index (χ4v) is 2.79. The van der Waals surface area contributed by atoms with Crippen LogP contribution < -0.4 is 16.4 Å². The molecule has 1 amide bonds. The Bertz CT molecular complexity index is 812. The van der Waals surface area contributed by atoms with E-state index in [0.717, 1.165) is 16.5 Å². The molecular weight excluding hydrogens is 284 g/mol. The number of nitrogens with one attached hydrogen (secondary N) is 2. The average Bonchev–Trinajstić information content (AvgIpc) is 2.88. The SMILES string of the molecule is CNc1nc(N)c(C(=O)Nc2ccc3ccccc3c2)s1. The number of nitrogens with two attached hydrogens (primary N) is 1. The summed E-state index contributed by atoms with van der Waals surface area (Å²) >= 11 is 1.23. The number of anilines is 3. The third-order valence-corrected chi connectivity index (χ3v) is 4.17. The summed E-state index contributed by atoms with van der Waals surface area (Å²) in [5.41, 5.74) is 6.49. The minimum Gasteiger partial charge on any atom is -0.382 e. The van der Waals surface area contributed by atoms with Gasteiger partial charge in [0.05, 0.1) is 0 Å². The molecule has 21 heavy (non-hydrogen) atoms. The van der Waals surface area contributed by atoms with Crippen LogP contribution in [0.5, 0.6) is 0 Å². The topological polar surface area (TPSA) is 80.0 Å². The van der Waals surface area contributed by atoms with E-state index in [9.17, 15) is 4.79 Å². The number of aromatic nitrogens is 1. The number of benzene rings is 2. The Morgan fingerprint density at radius 1 is 1.19 bits per heavy atom. The number of hydrogen-bond acceptors (Lipinski definition) is 5. The van der Waals surface area contributed by atoms with Crippen LogP contribution in [-0.4, -0.2) is 17.9 Å². The van der Waals surface area contributed by atoms with Crippen molar-refractivity contribution in [1.29, 1.82) is 0 Å². The summed E-state index contributed by atoms with van der Waals surface area (Å²) in [6, 6.07) is 13.8. The molecule has 0 aliphatic rings. The molecule has 4 N–H and O–H groups in total. The normalized spacial score (nSPS) is 10.5. The summed E-state index contributed by atoms with van der Waals surface area (Å²) in [5.74, 6) is -0.00980. The van der Waals surface area contributed by atoms with E-state index in [1.54, 1.807) is 7.05 Å². The molecule has 106 valence electrons. The van der Waals surface area contributed by atoms with E-state index in [0.29, 0.717) is 10.0 Å². The fourth-order valence-electron chi connectivity index (χ4n) is 2.06. The van der Waals surface area contributed by atoms with Gasteiger partial charge in [-0.2, -0.15) is 0 Å². The molecule has 0 fully saturated rings. The van der Waals surface area contributed by atoms with E-state index in [1.807, 2.05) is 42.5 Å². The fraction of sp³-hybridized carbons (Fsp3) is 0.0667. The summed E-state index contributed by atoms with van der Waals surface area (Å²) in [5, 5.41) is 8.55. The molecule has 3 aromatic rings. The first kappa shape index (κ1) is 13.4. The van der Waals surface area contributed by atoms with Crippen molar-refractivity contribution < 1.29 is 4.79 Å². The Hall–Kier alpha value is -2.60. The lowest BCUT2D eigenvalue weighted by molar-refractivity contribution is 0.103. The second-order valence-corrected chi connectivity index (χ2v) is 5.50. The van der Waals surface area contributed by atoms with Gasteiger partial charge in [-0.05, 0) is 22.9 Å². The van der Waals surface area contributed by atoms with Crippen molar-refractivity contribution in [2.24, 2.45) is 0 Å². The van der Waals surface area contributed by atoms with Crippen LogP contribution in [0.2, 0.25) is 0 Å². The van der Waals surface area contributed by atoms with E-state index >= 15 is 0 Å². The van der Waals surface area contributed by atoms with Gasteiger partial charge in [0.25, 0.3) is 5.91 Å². The minimum absolute atomic E-state index is 0.239. The molecule has 0 atom stereocenters. The van der Waals surface area contributed by atoms with E-state index in [4.69, 9.17) is 5.73 Å². The first-order chi connectivity index (χ1) is 10.2. The number of amides is 1. The molecule has 6 heteroatoms. The van der Waals surface area contributed by atoms with Crippen LogP contribution in [-0.2, 0) is 0 Å². The average molecular weight is 298 g/mol. The van der Waals surface area contributed by atoms with Gasteiger partial charge in [-0.15, -0.1) is 0 Å². The van der Waals surface area contributed by atoms with Gasteiger partial charge in [0.1, 0.15) is 10.7 Å². The summed E-state index contributed by atoms with van der Waals surface area (Å²) in [6.45, 7) is 0. The van der Waals surface area contributed by atoms with E-state index in [-0.39, 0.29) is 11.7 Å². The molecular formula is C15H14N4OS. The quantitative estimate of drug-likeness (QED) is 0.694. The number of fused-ring (bicyclic) bond motifs is 1. The number of nitrogen functional groups attached to an aromatic ring is 1. The Balaban J connectivity index is 1.87. The predicted molar refractivity (Wildman–Crippen MR) is 88.0 cm³/mol. The van der Waals surface area contributed by atoms with Gasteiger partial charge >= 0.3 is 0 Å². The van der Waals surface area contributed by atoms with Gasteiger partial charge < -0.3 is 16.4 Å². The van der Waals surface area contributed by atoms with Crippen molar-refractivity contribution in [1.82, 2.24) is 4.98 Å². The van der Waals surface area contributed by atoms with Crippen LogP contribution in [0.25, 0.3) is 10.8 Å². The van der Waals surface area contributed by atoms with Crippen LogP contribution in [0.1, 0.15) is 9.67 Å². The summed E-state index contributed by atoms with van der Waals surface area (Å²) in [7, 11) is 1.74. The molecule has 0 bridgehead atoms. The first-order valence-electron chi connectivity index (χ1n) is 6.41. The Kier molecular flexibility index (Phi) is 3.45. The van der Waals surface area contributed by atoms with Gasteiger partial charge in [-0.25, -0.2) is 4.98 Å². The molecule has 0 spiro atoms. The molecule has 5 nitrogen and oxygen atoms in total. The van der Waals surface area contributed by atoms with Gasteiger partial charge in [-0.1, -0.05) is 41.7 Å².